The average molecular weight is 309 g/mol. The van der Waals surface area contributed by atoms with Crippen molar-refractivity contribution in [1.29, 1.82) is 0 Å². The fraction of sp³-hybridized carbons (Fsp3) is 0.533. The van der Waals surface area contributed by atoms with Gasteiger partial charge in [-0.3, -0.25) is 0 Å². The summed E-state index contributed by atoms with van der Waals surface area (Å²) in [6, 6.07) is 5.97. The molecule has 0 atom stereocenters. The molecular formula is C15H23N3O2S. The highest BCUT2D eigenvalue weighted by Gasteiger charge is 2.28. The quantitative estimate of drug-likeness (QED) is 0.246. The van der Waals surface area contributed by atoms with E-state index in [9.17, 15) is 5.11 Å². The second-order valence-electron chi connectivity index (χ2n) is 5.44. The van der Waals surface area contributed by atoms with Gasteiger partial charge in [-0.2, -0.15) is 0 Å². The van der Waals surface area contributed by atoms with E-state index in [0.29, 0.717) is 5.92 Å². The van der Waals surface area contributed by atoms with Gasteiger partial charge in [-0.1, -0.05) is 18.1 Å². The largest absolute Gasteiger partial charge is 0.409 e. The zero-order valence-corrected chi connectivity index (χ0v) is 13.3. The number of aliphatic hydroxyl groups excluding tert-OH is 1. The van der Waals surface area contributed by atoms with Crippen molar-refractivity contribution in [3.05, 3.63) is 23.8 Å². The molecule has 5 nitrogen and oxygen atoms in total. The van der Waals surface area contributed by atoms with Gasteiger partial charge in [0.05, 0.1) is 11.7 Å². The van der Waals surface area contributed by atoms with Crippen molar-refractivity contribution in [2.24, 2.45) is 16.8 Å². The molecule has 116 valence electrons. The summed E-state index contributed by atoms with van der Waals surface area (Å²) in [4.78, 5) is 3.15. The van der Waals surface area contributed by atoms with Crippen molar-refractivity contribution in [2.45, 2.75) is 30.8 Å². The molecule has 0 radical (unpaired) electrons. The summed E-state index contributed by atoms with van der Waals surface area (Å²) in [5, 5.41) is 21.7. The van der Waals surface area contributed by atoms with Crippen molar-refractivity contribution >= 4 is 23.3 Å². The van der Waals surface area contributed by atoms with Gasteiger partial charge < -0.3 is 20.9 Å². The van der Waals surface area contributed by atoms with Crippen LogP contribution in [0.1, 0.15) is 25.3 Å². The van der Waals surface area contributed by atoms with Gasteiger partial charge in [0.1, 0.15) is 0 Å². The van der Waals surface area contributed by atoms with Gasteiger partial charge in [0.25, 0.3) is 0 Å². The Morgan fingerprint density at radius 2 is 2.19 bits per heavy atom. The minimum Gasteiger partial charge on any atom is -0.409 e. The second kappa shape index (κ2) is 7.04. The van der Waals surface area contributed by atoms with Crippen molar-refractivity contribution in [1.82, 2.24) is 0 Å². The van der Waals surface area contributed by atoms with E-state index in [4.69, 9.17) is 10.9 Å². The van der Waals surface area contributed by atoms with E-state index in [-0.39, 0.29) is 11.9 Å². The maximum atomic E-state index is 9.40. The van der Waals surface area contributed by atoms with Crippen LogP contribution in [0.25, 0.3) is 0 Å². The fourth-order valence-electron chi connectivity index (χ4n) is 2.76. The highest BCUT2D eigenvalue weighted by Crippen LogP contribution is 2.33. The lowest BCUT2D eigenvalue weighted by molar-refractivity contribution is 0.0465. The van der Waals surface area contributed by atoms with Crippen LogP contribution >= 0.6 is 11.8 Å². The maximum absolute atomic E-state index is 9.40. The number of anilines is 1. The molecule has 0 aliphatic heterocycles. The highest BCUT2D eigenvalue weighted by atomic mass is 32.2. The molecule has 2 rings (SSSR count). The van der Waals surface area contributed by atoms with Crippen LogP contribution in [0.4, 0.5) is 5.69 Å². The molecular weight excluding hydrogens is 286 g/mol. The molecule has 1 fully saturated rings. The third kappa shape index (κ3) is 3.63. The molecule has 0 amide bonds. The minimum absolute atomic E-state index is 0.141. The molecule has 0 aromatic heterocycles. The number of hydrogen-bond acceptors (Lipinski definition) is 5. The summed E-state index contributed by atoms with van der Waals surface area (Å²) in [5.41, 5.74) is 7.63. The molecule has 0 heterocycles. The first-order valence-corrected chi connectivity index (χ1v) is 8.18. The molecule has 1 aliphatic carbocycles. The Bertz CT molecular complexity index is 516. The summed E-state index contributed by atoms with van der Waals surface area (Å²) >= 11 is 1.68. The van der Waals surface area contributed by atoms with Crippen LogP contribution in [0.5, 0.6) is 0 Å². The van der Waals surface area contributed by atoms with Crippen molar-refractivity contribution in [2.75, 3.05) is 24.2 Å². The number of aliphatic hydroxyl groups is 1. The van der Waals surface area contributed by atoms with Crippen LogP contribution < -0.4 is 10.6 Å². The molecule has 1 aromatic rings. The lowest BCUT2D eigenvalue weighted by Crippen LogP contribution is -2.37. The SMILES string of the molecule is CCSc1cccc(N(C)CC2CC(O)C2)c1/C(N)=N/O. The van der Waals surface area contributed by atoms with Gasteiger partial charge in [-0.15, -0.1) is 11.8 Å². The van der Waals surface area contributed by atoms with Crippen LogP contribution in [0, 0.1) is 5.92 Å². The number of amidine groups is 1. The molecule has 1 aromatic carbocycles. The average Bonchev–Trinajstić information content (AvgIpc) is 2.45. The number of nitrogens with zero attached hydrogens (tertiary/aromatic N) is 2. The van der Waals surface area contributed by atoms with Crippen molar-refractivity contribution in [3.63, 3.8) is 0 Å². The maximum Gasteiger partial charge on any atom is 0.173 e. The van der Waals surface area contributed by atoms with E-state index < -0.39 is 0 Å². The Labute approximate surface area is 129 Å². The molecule has 0 spiro atoms. The van der Waals surface area contributed by atoms with Crippen LogP contribution in [-0.2, 0) is 0 Å². The molecule has 6 heteroatoms. The molecule has 1 aliphatic rings. The zero-order chi connectivity index (χ0) is 15.4. The van der Waals surface area contributed by atoms with E-state index >= 15 is 0 Å². The van der Waals surface area contributed by atoms with E-state index in [0.717, 1.165) is 41.3 Å². The minimum atomic E-state index is -0.145. The third-order valence-corrected chi connectivity index (χ3v) is 4.76. The molecule has 21 heavy (non-hydrogen) atoms. The van der Waals surface area contributed by atoms with E-state index in [1.54, 1.807) is 11.8 Å². The summed E-state index contributed by atoms with van der Waals surface area (Å²) < 4.78 is 0. The van der Waals surface area contributed by atoms with Crippen molar-refractivity contribution in [3.8, 4) is 0 Å². The first-order valence-electron chi connectivity index (χ1n) is 7.19. The van der Waals surface area contributed by atoms with Gasteiger partial charge in [0.15, 0.2) is 5.84 Å². The summed E-state index contributed by atoms with van der Waals surface area (Å²) in [5.74, 6) is 1.57. The fourth-order valence-corrected chi connectivity index (χ4v) is 3.60. The molecule has 4 N–H and O–H groups in total. The van der Waals surface area contributed by atoms with Gasteiger partial charge in [-0.05, 0) is 36.6 Å². The van der Waals surface area contributed by atoms with Crippen LogP contribution in [0.15, 0.2) is 28.3 Å². The Balaban J connectivity index is 2.26. The lowest BCUT2D eigenvalue weighted by Gasteiger charge is -2.36. The number of hydrogen-bond donors (Lipinski definition) is 3. The number of rotatable bonds is 6. The summed E-state index contributed by atoms with van der Waals surface area (Å²) in [6.07, 6.45) is 1.56. The predicted octanol–water partition coefficient (Wildman–Crippen LogP) is 2.10. The van der Waals surface area contributed by atoms with Gasteiger partial charge in [-0.25, -0.2) is 0 Å². The zero-order valence-electron chi connectivity index (χ0n) is 12.5. The number of benzene rings is 1. The highest BCUT2D eigenvalue weighted by molar-refractivity contribution is 7.99. The molecule has 1 saturated carbocycles. The molecule has 0 saturated heterocycles. The van der Waals surface area contributed by atoms with Crippen LogP contribution in [0.3, 0.4) is 0 Å². The van der Waals surface area contributed by atoms with Crippen molar-refractivity contribution < 1.29 is 10.3 Å². The Morgan fingerprint density at radius 3 is 2.76 bits per heavy atom. The van der Waals surface area contributed by atoms with Crippen LogP contribution in [-0.4, -0.2) is 41.6 Å². The molecule has 0 unspecified atom stereocenters. The van der Waals surface area contributed by atoms with E-state index in [1.165, 1.54) is 0 Å². The Morgan fingerprint density at radius 1 is 1.48 bits per heavy atom. The predicted molar refractivity (Wildman–Crippen MR) is 87.4 cm³/mol. The van der Waals surface area contributed by atoms with Gasteiger partial charge in [0, 0.05) is 24.2 Å². The lowest BCUT2D eigenvalue weighted by atomic mass is 9.82. The number of oxime groups is 1. The van der Waals surface area contributed by atoms with E-state index in [2.05, 4.69) is 17.0 Å². The Hall–Kier alpha value is -1.40. The topological polar surface area (TPSA) is 82.1 Å². The summed E-state index contributed by atoms with van der Waals surface area (Å²) in [7, 11) is 2.01. The standard InChI is InChI=1S/C15H23N3O2S/c1-3-21-13-6-4-5-12(14(13)15(16)17-20)18(2)9-10-7-11(19)8-10/h4-6,10-11,19-20H,3,7-9H2,1-2H3,(H2,16,17). The van der Waals surface area contributed by atoms with Gasteiger partial charge >= 0.3 is 0 Å². The first-order chi connectivity index (χ1) is 10.1. The number of thioether (sulfide) groups is 1. The molecule has 0 bridgehead atoms. The van der Waals surface area contributed by atoms with Gasteiger partial charge in [0.2, 0.25) is 0 Å². The second-order valence-corrected chi connectivity index (χ2v) is 6.75. The Kier molecular flexibility index (Phi) is 5.36. The smallest absolute Gasteiger partial charge is 0.173 e. The normalized spacial score (nSPS) is 22.0. The van der Waals surface area contributed by atoms with E-state index in [1.807, 2.05) is 25.2 Å². The monoisotopic (exact) mass is 309 g/mol. The number of nitrogens with two attached hydrogens (primary N) is 1. The third-order valence-electron chi connectivity index (χ3n) is 3.82. The first kappa shape index (κ1) is 16.0. The van der Waals surface area contributed by atoms with Crippen LogP contribution in [0.2, 0.25) is 0 Å². The summed E-state index contributed by atoms with van der Waals surface area (Å²) in [6.45, 7) is 2.94.